The van der Waals surface area contributed by atoms with Crippen LogP contribution in [0.5, 0.6) is 0 Å². The molecule has 1 aromatic heterocycles. The molecule has 8 unspecified atom stereocenters. The molecule has 8 atom stereocenters. The maximum Gasteiger partial charge on any atom is 0.331 e. The zero-order valence-electron chi connectivity index (χ0n) is 21.2. The molecule has 1 aliphatic heterocycles. The number of ether oxygens (including phenoxy) is 2. The van der Waals surface area contributed by atoms with E-state index in [1.807, 2.05) is 6.07 Å². The van der Waals surface area contributed by atoms with Crippen molar-refractivity contribution < 1.29 is 28.6 Å². The lowest BCUT2D eigenvalue weighted by molar-refractivity contribution is -0.226. The van der Waals surface area contributed by atoms with E-state index in [9.17, 15) is 14.7 Å². The van der Waals surface area contributed by atoms with Gasteiger partial charge in [-0.2, -0.15) is 0 Å². The number of aliphatic hydroxyl groups is 1. The Morgan fingerprint density at radius 1 is 1.12 bits per heavy atom. The molecule has 0 bridgehead atoms. The van der Waals surface area contributed by atoms with E-state index in [-0.39, 0.29) is 46.8 Å². The molecule has 1 N–H and O–H groups in total. The van der Waals surface area contributed by atoms with Crippen molar-refractivity contribution in [1.82, 2.24) is 0 Å². The average Bonchev–Trinajstić information content (AvgIpc) is 3.28. The van der Waals surface area contributed by atoms with Crippen molar-refractivity contribution in [2.24, 2.45) is 33.5 Å². The number of aliphatic hydroxyl groups excluding tert-OH is 1. The molecule has 3 fully saturated rings. The Balaban J connectivity index is 1.67. The molecule has 1 aromatic rings. The number of hydrogen-bond acceptors (Lipinski definition) is 6. The zero-order valence-corrected chi connectivity index (χ0v) is 21.2. The van der Waals surface area contributed by atoms with Crippen LogP contribution < -0.4 is 0 Å². The molecule has 3 saturated carbocycles. The van der Waals surface area contributed by atoms with Gasteiger partial charge in [-0.25, -0.2) is 4.79 Å². The van der Waals surface area contributed by atoms with E-state index < -0.39 is 16.9 Å². The molecule has 3 aliphatic carbocycles. The van der Waals surface area contributed by atoms with Gasteiger partial charge in [0.15, 0.2) is 0 Å². The summed E-state index contributed by atoms with van der Waals surface area (Å²) in [4.78, 5) is 25.3. The van der Waals surface area contributed by atoms with Gasteiger partial charge in [-0.05, 0) is 66.4 Å². The quantitative estimate of drug-likeness (QED) is 0.585. The number of carbonyl (C=O) groups is 2. The summed E-state index contributed by atoms with van der Waals surface area (Å²) < 4.78 is 17.4. The highest BCUT2D eigenvalue weighted by Crippen LogP contribution is 2.73. The highest BCUT2D eigenvalue weighted by atomic mass is 16.6. The van der Waals surface area contributed by atoms with Crippen LogP contribution >= 0.6 is 0 Å². The van der Waals surface area contributed by atoms with Crippen molar-refractivity contribution in [1.29, 1.82) is 0 Å². The third kappa shape index (κ3) is 3.03. The van der Waals surface area contributed by atoms with Crippen molar-refractivity contribution in [2.45, 2.75) is 92.0 Å². The molecular weight excluding hydrogens is 432 g/mol. The molecule has 4 aliphatic rings. The SMILES string of the molecule is CC(=O)OC1CC2C(C)(C)C(O)CCC2(C)C2CCC3(C)C(=CC(=O)OC3c3ccoc3)C12C. The second-order valence-corrected chi connectivity index (χ2v) is 12.5. The molecule has 2 heterocycles. The largest absolute Gasteiger partial charge is 0.472 e. The summed E-state index contributed by atoms with van der Waals surface area (Å²) in [5.74, 6) is -0.240. The minimum atomic E-state index is -0.510. The Labute approximate surface area is 202 Å². The van der Waals surface area contributed by atoms with Crippen molar-refractivity contribution >= 4 is 11.9 Å². The summed E-state index contributed by atoms with van der Waals surface area (Å²) in [6.07, 6.45) is 7.93. The smallest absolute Gasteiger partial charge is 0.331 e. The van der Waals surface area contributed by atoms with Crippen LogP contribution in [0.3, 0.4) is 0 Å². The first-order valence-electron chi connectivity index (χ1n) is 12.7. The van der Waals surface area contributed by atoms with Crippen LogP contribution in [0.15, 0.2) is 34.7 Å². The van der Waals surface area contributed by atoms with E-state index in [0.29, 0.717) is 6.42 Å². The van der Waals surface area contributed by atoms with Gasteiger partial charge in [-0.3, -0.25) is 4.79 Å². The first-order valence-corrected chi connectivity index (χ1v) is 12.7. The molecule has 0 saturated heterocycles. The van der Waals surface area contributed by atoms with Crippen LogP contribution in [0, 0.1) is 33.5 Å². The third-order valence-electron chi connectivity index (χ3n) is 10.5. The van der Waals surface area contributed by atoms with Crippen LogP contribution in [-0.2, 0) is 19.1 Å². The molecular formula is C28H38O6. The maximum atomic E-state index is 12.9. The van der Waals surface area contributed by atoms with Crippen LogP contribution in [0.4, 0.5) is 0 Å². The Bertz CT molecular complexity index is 1020. The van der Waals surface area contributed by atoms with E-state index in [0.717, 1.165) is 36.8 Å². The van der Waals surface area contributed by atoms with Gasteiger partial charge in [0.2, 0.25) is 0 Å². The Kier molecular flexibility index (Phi) is 5.19. The lowest BCUT2D eigenvalue weighted by Gasteiger charge is -2.69. The van der Waals surface area contributed by atoms with Gasteiger partial charge >= 0.3 is 11.9 Å². The van der Waals surface area contributed by atoms with Gasteiger partial charge in [0.25, 0.3) is 0 Å². The number of esters is 2. The number of cyclic esters (lactones) is 1. The van der Waals surface area contributed by atoms with Gasteiger partial charge in [-0.15, -0.1) is 0 Å². The van der Waals surface area contributed by atoms with Crippen molar-refractivity contribution in [3.05, 3.63) is 35.8 Å². The normalized spacial score (nSPS) is 45.2. The van der Waals surface area contributed by atoms with E-state index in [1.54, 1.807) is 18.6 Å². The van der Waals surface area contributed by atoms with Crippen molar-refractivity contribution in [3.63, 3.8) is 0 Å². The summed E-state index contributed by atoms with van der Waals surface area (Å²) >= 11 is 0. The zero-order chi connectivity index (χ0) is 24.7. The molecule has 6 nitrogen and oxygen atoms in total. The highest BCUT2D eigenvalue weighted by molar-refractivity contribution is 5.85. The minimum absolute atomic E-state index is 0.0389. The predicted molar refractivity (Wildman–Crippen MR) is 125 cm³/mol. The van der Waals surface area contributed by atoms with E-state index >= 15 is 0 Å². The fourth-order valence-corrected chi connectivity index (χ4v) is 8.84. The minimum Gasteiger partial charge on any atom is -0.472 e. The molecule has 34 heavy (non-hydrogen) atoms. The van der Waals surface area contributed by atoms with Crippen molar-refractivity contribution in [2.75, 3.05) is 0 Å². The summed E-state index contributed by atoms with van der Waals surface area (Å²) in [5.41, 5.74) is 0.635. The number of furan rings is 1. The first kappa shape index (κ1) is 23.7. The summed E-state index contributed by atoms with van der Waals surface area (Å²) in [6.45, 7) is 12.5. The molecule has 0 amide bonds. The van der Waals surface area contributed by atoms with Gasteiger partial charge < -0.3 is 19.0 Å². The average molecular weight is 471 g/mol. The second kappa shape index (κ2) is 7.46. The second-order valence-electron chi connectivity index (χ2n) is 12.5. The van der Waals surface area contributed by atoms with Crippen LogP contribution in [0.1, 0.15) is 85.3 Å². The lowest BCUT2D eigenvalue weighted by Crippen LogP contribution is -2.66. The summed E-state index contributed by atoms with van der Waals surface area (Å²) in [5, 5.41) is 10.9. The fraction of sp³-hybridized carbons (Fsp3) is 0.714. The number of rotatable bonds is 2. The first-order chi connectivity index (χ1) is 15.8. The van der Waals surface area contributed by atoms with Gasteiger partial charge in [0, 0.05) is 29.4 Å². The summed E-state index contributed by atoms with van der Waals surface area (Å²) in [7, 11) is 0. The predicted octanol–water partition coefficient (Wildman–Crippen LogP) is 5.37. The summed E-state index contributed by atoms with van der Waals surface area (Å²) in [6, 6.07) is 1.87. The lowest BCUT2D eigenvalue weighted by atomic mass is 9.36. The van der Waals surface area contributed by atoms with Gasteiger partial charge in [0.1, 0.15) is 12.2 Å². The third-order valence-corrected chi connectivity index (χ3v) is 10.5. The topological polar surface area (TPSA) is 86.0 Å². The van der Waals surface area contributed by atoms with E-state index in [1.165, 1.54) is 6.92 Å². The maximum absolute atomic E-state index is 12.9. The molecule has 0 aromatic carbocycles. The Morgan fingerprint density at radius 2 is 1.85 bits per heavy atom. The van der Waals surface area contributed by atoms with Crippen LogP contribution in [0.25, 0.3) is 0 Å². The number of hydrogen-bond donors (Lipinski definition) is 1. The number of carbonyl (C=O) groups excluding carboxylic acids is 2. The number of fused-ring (bicyclic) bond motifs is 5. The molecule has 0 radical (unpaired) electrons. The fourth-order valence-electron chi connectivity index (χ4n) is 8.84. The standard InChI is InChI=1S/C28H38O6/c1-16(29)33-22-13-19-25(2,3)21(30)8-11-26(19,4)18-7-10-27(5)20(28(18,22)6)14-23(31)34-24(27)17-9-12-32-15-17/h9,12,14-15,18-19,21-22,24,30H,7-8,10-11,13H2,1-6H3. The van der Waals surface area contributed by atoms with Crippen LogP contribution in [0.2, 0.25) is 0 Å². The molecule has 6 heteroatoms. The van der Waals surface area contributed by atoms with Gasteiger partial charge in [0.05, 0.1) is 18.6 Å². The Morgan fingerprint density at radius 3 is 2.50 bits per heavy atom. The molecule has 0 spiro atoms. The molecule has 5 rings (SSSR count). The van der Waals surface area contributed by atoms with Crippen molar-refractivity contribution in [3.8, 4) is 0 Å². The monoisotopic (exact) mass is 470 g/mol. The van der Waals surface area contributed by atoms with E-state index in [4.69, 9.17) is 13.9 Å². The van der Waals surface area contributed by atoms with E-state index in [2.05, 4.69) is 34.6 Å². The highest BCUT2D eigenvalue weighted by Gasteiger charge is 2.69. The van der Waals surface area contributed by atoms with Gasteiger partial charge in [-0.1, -0.05) is 34.6 Å². The van der Waals surface area contributed by atoms with Crippen LogP contribution in [-0.4, -0.2) is 29.3 Å². The molecule has 186 valence electrons. The Hall–Kier alpha value is -2.08.